The van der Waals surface area contributed by atoms with Crippen LogP contribution in [0.15, 0.2) is 24.3 Å². The number of benzene rings is 1. The third-order valence-corrected chi connectivity index (χ3v) is 1.47. The summed E-state index contributed by atoms with van der Waals surface area (Å²) in [6, 6.07) is 10.7. The molecule has 0 bridgehead atoms. The average Bonchev–Trinajstić information content (AvgIpc) is 2.07. The van der Waals surface area contributed by atoms with Crippen molar-refractivity contribution in [3.05, 3.63) is 42.5 Å². The van der Waals surface area contributed by atoms with Gasteiger partial charge in [-0.3, -0.25) is 0 Å². The topological polar surface area (TPSA) is 26.0 Å². The van der Waals surface area contributed by atoms with E-state index in [2.05, 4.69) is 6.07 Å². The fraction of sp³-hybridized carbons (Fsp3) is 0.200. The van der Waals surface area contributed by atoms with Crippen molar-refractivity contribution in [1.29, 1.82) is 0 Å². The van der Waals surface area contributed by atoms with Crippen molar-refractivity contribution in [2.45, 2.75) is 6.42 Å². The number of hydrogen-bond donors (Lipinski definition) is 1. The summed E-state index contributed by atoms with van der Waals surface area (Å²) in [5, 5.41) is 0. The largest absolute Gasteiger partial charge is 2.00 e. The van der Waals surface area contributed by atoms with E-state index in [0.29, 0.717) is 6.54 Å². The van der Waals surface area contributed by atoms with Crippen LogP contribution >= 0.6 is 0 Å². The summed E-state index contributed by atoms with van der Waals surface area (Å²) < 4.78 is 0. The molecule has 1 rings (SSSR count). The molecule has 2 heteroatoms. The molecule has 0 fully saturated rings. The van der Waals surface area contributed by atoms with Crippen LogP contribution in [0.2, 0.25) is 0 Å². The Kier molecular flexibility index (Phi) is 5.96. The van der Waals surface area contributed by atoms with Crippen molar-refractivity contribution in [1.82, 2.24) is 0 Å². The quantitative estimate of drug-likeness (QED) is 0.839. The molecule has 62 valence electrons. The van der Waals surface area contributed by atoms with Gasteiger partial charge in [0, 0.05) is 0 Å². The fourth-order valence-corrected chi connectivity index (χ4v) is 0.883. The predicted octanol–water partition coefficient (Wildman–Crippen LogP) is 1.65. The molecular weight excluding hydrogens is 318 g/mol. The smallest absolute Gasteiger partial charge is 0.341 e. The van der Waals surface area contributed by atoms with E-state index in [9.17, 15) is 0 Å². The standard InChI is InChI=1S/C10H11N.W/c1-9(7-8-11)10-5-3-2-4-6-10;/h1-5H,7-8,11H2;/q-2;+2. The third-order valence-electron chi connectivity index (χ3n) is 1.47. The van der Waals surface area contributed by atoms with Crippen LogP contribution in [-0.2, 0) is 21.1 Å². The summed E-state index contributed by atoms with van der Waals surface area (Å²) in [6.07, 6.45) is 0.737. The Bertz CT molecular complexity index is 231. The molecule has 12 heavy (non-hydrogen) atoms. The maximum atomic E-state index is 5.71. The van der Waals surface area contributed by atoms with Crippen molar-refractivity contribution in [3.63, 3.8) is 0 Å². The first-order valence-electron chi connectivity index (χ1n) is 3.63. The van der Waals surface area contributed by atoms with Gasteiger partial charge in [-0.05, 0) is 6.54 Å². The molecule has 0 spiro atoms. The molecule has 0 heterocycles. The molecule has 0 atom stereocenters. The first kappa shape index (κ1) is 11.6. The van der Waals surface area contributed by atoms with E-state index in [1.807, 2.05) is 24.3 Å². The number of hydrogen-bond acceptors (Lipinski definition) is 1. The minimum absolute atomic E-state index is 0. The van der Waals surface area contributed by atoms with Crippen LogP contribution in [0.1, 0.15) is 12.0 Å². The van der Waals surface area contributed by atoms with E-state index in [4.69, 9.17) is 12.3 Å². The minimum atomic E-state index is 0. The van der Waals surface area contributed by atoms with E-state index < -0.39 is 0 Å². The van der Waals surface area contributed by atoms with E-state index in [1.165, 1.54) is 0 Å². The molecule has 1 aromatic rings. The Morgan fingerprint density at radius 3 is 2.75 bits per heavy atom. The maximum absolute atomic E-state index is 5.71. The SMILES string of the molecule is [CH-]=C(CCN)c1[c-]cccc1.[W+2]. The van der Waals surface area contributed by atoms with Gasteiger partial charge in [0.15, 0.2) is 0 Å². The van der Waals surface area contributed by atoms with Crippen molar-refractivity contribution < 1.29 is 21.1 Å². The molecular formula is C10H11NW. The van der Waals surface area contributed by atoms with Crippen LogP contribution in [0, 0.1) is 12.6 Å². The van der Waals surface area contributed by atoms with Gasteiger partial charge in [-0.1, -0.05) is 6.42 Å². The molecule has 0 saturated heterocycles. The number of rotatable bonds is 3. The van der Waals surface area contributed by atoms with Gasteiger partial charge in [0.2, 0.25) is 0 Å². The van der Waals surface area contributed by atoms with Crippen molar-refractivity contribution in [2.24, 2.45) is 5.73 Å². The van der Waals surface area contributed by atoms with Crippen LogP contribution in [0.4, 0.5) is 0 Å². The zero-order chi connectivity index (χ0) is 8.10. The van der Waals surface area contributed by atoms with Crippen LogP contribution in [0.25, 0.3) is 5.57 Å². The van der Waals surface area contributed by atoms with Crippen LogP contribution in [-0.4, -0.2) is 6.54 Å². The van der Waals surface area contributed by atoms with Gasteiger partial charge >= 0.3 is 21.1 Å². The minimum Gasteiger partial charge on any atom is -0.341 e. The van der Waals surface area contributed by atoms with E-state index in [0.717, 1.165) is 17.6 Å². The van der Waals surface area contributed by atoms with Crippen molar-refractivity contribution in [3.8, 4) is 0 Å². The Morgan fingerprint density at radius 1 is 1.50 bits per heavy atom. The predicted molar refractivity (Wildman–Crippen MR) is 46.7 cm³/mol. The van der Waals surface area contributed by atoms with E-state index >= 15 is 0 Å². The summed E-state index contributed by atoms with van der Waals surface area (Å²) in [4.78, 5) is 0. The Labute approximate surface area is 87.9 Å². The molecule has 0 aliphatic heterocycles. The molecule has 1 nitrogen and oxygen atoms in total. The van der Waals surface area contributed by atoms with Crippen LogP contribution < -0.4 is 5.73 Å². The van der Waals surface area contributed by atoms with Gasteiger partial charge in [0.25, 0.3) is 0 Å². The van der Waals surface area contributed by atoms with Crippen LogP contribution in [0.3, 0.4) is 0 Å². The van der Waals surface area contributed by atoms with Gasteiger partial charge in [0.05, 0.1) is 0 Å². The van der Waals surface area contributed by atoms with Crippen molar-refractivity contribution in [2.75, 3.05) is 6.54 Å². The second kappa shape index (κ2) is 6.16. The Balaban J connectivity index is 0.00000121. The summed E-state index contributed by atoms with van der Waals surface area (Å²) in [6.45, 7) is 6.30. The molecule has 0 amide bonds. The molecule has 0 unspecified atom stereocenters. The molecule has 2 N–H and O–H groups in total. The van der Waals surface area contributed by atoms with Gasteiger partial charge in [-0.2, -0.15) is 12.1 Å². The van der Waals surface area contributed by atoms with Crippen LogP contribution in [0.5, 0.6) is 0 Å². The molecule has 0 aliphatic carbocycles. The van der Waals surface area contributed by atoms with Gasteiger partial charge in [-0.25, -0.2) is 12.1 Å². The summed E-state index contributed by atoms with van der Waals surface area (Å²) in [5.41, 5.74) is 7.12. The zero-order valence-electron chi connectivity index (χ0n) is 6.79. The zero-order valence-corrected chi connectivity index (χ0v) is 9.72. The molecule has 0 radical (unpaired) electrons. The number of nitrogens with two attached hydrogens (primary N) is 1. The maximum Gasteiger partial charge on any atom is 2.00 e. The van der Waals surface area contributed by atoms with Gasteiger partial charge in [0.1, 0.15) is 0 Å². The second-order valence-corrected chi connectivity index (χ2v) is 2.34. The molecule has 0 saturated carbocycles. The van der Waals surface area contributed by atoms with Crippen molar-refractivity contribution >= 4 is 5.57 Å². The Morgan fingerprint density at radius 2 is 2.25 bits per heavy atom. The Hall–Kier alpha value is -0.392. The summed E-state index contributed by atoms with van der Waals surface area (Å²) >= 11 is 0. The summed E-state index contributed by atoms with van der Waals surface area (Å²) in [7, 11) is 0. The van der Waals surface area contributed by atoms with E-state index in [-0.39, 0.29) is 21.1 Å². The molecule has 0 aliphatic rings. The molecule has 1 aromatic carbocycles. The monoisotopic (exact) mass is 329 g/mol. The second-order valence-electron chi connectivity index (χ2n) is 2.34. The van der Waals surface area contributed by atoms with E-state index in [1.54, 1.807) is 0 Å². The third kappa shape index (κ3) is 3.34. The first-order valence-corrected chi connectivity index (χ1v) is 3.63. The average molecular weight is 329 g/mol. The first-order chi connectivity index (χ1) is 5.34. The normalized spacial score (nSPS) is 8.75. The summed E-state index contributed by atoms with van der Waals surface area (Å²) in [5.74, 6) is 0. The fourth-order valence-electron chi connectivity index (χ4n) is 0.883. The molecule has 0 aromatic heterocycles. The van der Waals surface area contributed by atoms with Gasteiger partial charge in [-0.15, -0.1) is 6.07 Å². The van der Waals surface area contributed by atoms with Gasteiger partial charge < -0.3 is 23.4 Å².